The van der Waals surface area contributed by atoms with Crippen LogP contribution in [0.3, 0.4) is 0 Å². The minimum Gasteiger partial charge on any atom is -0.484 e. The van der Waals surface area contributed by atoms with Crippen molar-refractivity contribution >= 4 is 5.91 Å². The predicted molar refractivity (Wildman–Crippen MR) is 89.0 cm³/mol. The molecule has 0 radical (unpaired) electrons. The van der Waals surface area contributed by atoms with Gasteiger partial charge in [0.15, 0.2) is 6.61 Å². The van der Waals surface area contributed by atoms with E-state index in [0.29, 0.717) is 0 Å². The Balaban J connectivity index is 1.92. The van der Waals surface area contributed by atoms with E-state index >= 15 is 0 Å². The Bertz CT molecular complexity index is 602. The Kier molecular flexibility index (Phi) is 5.59. The van der Waals surface area contributed by atoms with Gasteiger partial charge in [0.2, 0.25) is 0 Å². The molecule has 0 fully saturated rings. The van der Waals surface area contributed by atoms with Gasteiger partial charge in [0.25, 0.3) is 5.91 Å². The molecular weight excluding hydrogens is 274 g/mol. The van der Waals surface area contributed by atoms with E-state index in [1.807, 2.05) is 56.3 Å². The van der Waals surface area contributed by atoms with Crippen LogP contribution in [0.25, 0.3) is 0 Å². The molecule has 22 heavy (non-hydrogen) atoms. The first-order valence-corrected chi connectivity index (χ1v) is 7.64. The molecule has 0 aliphatic carbocycles. The predicted octanol–water partition coefficient (Wildman–Crippen LogP) is 3.95. The molecule has 116 valence electrons. The fourth-order valence-corrected chi connectivity index (χ4v) is 2.51. The van der Waals surface area contributed by atoms with E-state index in [-0.39, 0.29) is 18.6 Å². The molecule has 1 atom stereocenters. The molecular formula is C19H23NO2. The zero-order valence-corrected chi connectivity index (χ0v) is 13.4. The minimum absolute atomic E-state index is 0.0246. The highest BCUT2D eigenvalue weighted by molar-refractivity contribution is 5.78. The Morgan fingerprint density at radius 1 is 1.09 bits per heavy atom. The summed E-state index contributed by atoms with van der Waals surface area (Å²) in [6.07, 6.45) is 0.847. The molecule has 3 heteroatoms. The van der Waals surface area contributed by atoms with Crippen molar-refractivity contribution in [3.8, 4) is 5.75 Å². The lowest BCUT2D eigenvalue weighted by Crippen LogP contribution is -2.32. The summed E-state index contributed by atoms with van der Waals surface area (Å²) in [7, 11) is 0. The van der Waals surface area contributed by atoms with E-state index in [4.69, 9.17) is 4.74 Å². The third-order valence-electron chi connectivity index (χ3n) is 3.51. The first kappa shape index (κ1) is 16.1. The van der Waals surface area contributed by atoms with E-state index in [2.05, 4.69) is 18.3 Å². The maximum Gasteiger partial charge on any atom is 0.258 e. The lowest BCUT2D eigenvalue weighted by atomic mass is 10.0. The molecule has 0 aliphatic heterocycles. The van der Waals surface area contributed by atoms with Crippen LogP contribution in [0.5, 0.6) is 5.75 Å². The lowest BCUT2D eigenvalue weighted by Gasteiger charge is -2.17. The van der Waals surface area contributed by atoms with Crippen LogP contribution in [0, 0.1) is 13.8 Å². The van der Waals surface area contributed by atoms with Crippen LogP contribution >= 0.6 is 0 Å². The Morgan fingerprint density at radius 3 is 2.32 bits per heavy atom. The standard InChI is InChI=1S/C19H23NO2/c1-4-18(16-8-6-5-7-9-16)20-19(21)13-22-17-11-14(2)10-15(3)12-17/h5-12,18H,4,13H2,1-3H3,(H,20,21)/t18-/m0/s1. The quantitative estimate of drug-likeness (QED) is 0.876. The summed E-state index contributed by atoms with van der Waals surface area (Å²) < 4.78 is 5.60. The van der Waals surface area contributed by atoms with Gasteiger partial charge in [0.1, 0.15) is 5.75 Å². The third kappa shape index (κ3) is 4.62. The van der Waals surface area contributed by atoms with E-state index in [0.717, 1.165) is 28.9 Å². The van der Waals surface area contributed by atoms with E-state index in [9.17, 15) is 4.79 Å². The van der Waals surface area contributed by atoms with Crippen LogP contribution in [-0.2, 0) is 4.79 Å². The van der Waals surface area contributed by atoms with Crippen molar-refractivity contribution in [3.05, 3.63) is 65.2 Å². The SMILES string of the molecule is CC[C@H](NC(=O)COc1cc(C)cc(C)c1)c1ccccc1. The average molecular weight is 297 g/mol. The highest BCUT2D eigenvalue weighted by Gasteiger charge is 2.12. The Morgan fingerprint density at radius 2 is 1.73 bits per heavy atom. The number of hydrogen-bond acceptors (Lipinski definition) is 2. The van der Waals surface area contributed by atoms with Crippen molar-refractivity contribution in [3.63, 3.8) is 0 Å². The van der Waals surface area contributed by atoms with Crippen LogP contribution in [0.2, 0.25) is 0 Å². The molecule has 0 aliphatic rings. The molecule has 3 nitrogen and oxygen atoms in total. The largest absolute Gasteiger partial charge is 0.484 e. The first-order chi connectivity index (χ1) is 10.6. The van der Waals surface area contributed by atoms with Crippen molar-refractivity contribution in [1.82, 2.24) is 5.32 Å². The van der Waals surface area contributed by atoms with Crippen molar-refractivity contribution in [2.75, 3.05) is 6.61 Å². The van der Waals surface area contributed by atoms with Crippen molar-refractivity contribution in [1.29, 1.82) is 0 Å². The summed E-state index contributed by atoms with van der Waals surface area (Å²) in [4.78, 5) is 12.1. The van der Waals surface area contributed by atoms with Crippen LogP contribution in [0.1, 0.15) is 36.1 Å². The van der Waals surface area contributed by atoms with Crippen LogP contribution < -0.4 is 10.1 Å². The van der Waals surface area contributed by atoms with Gasteiger partial charge in [0.05, 0.1) is 6.04 Å². The number of benzene rings is 2. The van der Waals surface area contributed by atoms with Gasteiger partial charge in [-0.2, -0.15) is 0 Å². The fraction of sp³-hybridized carbons (Fsp3) is 0.316. The zero-order chi connectivity index (χ0) is 15.9. The van der Waals surface area contributed by atoms with Crippen LogP contribution in [-0.4, -0.2) is 12.5 Å². The van der Waals surface area contributed by atoms with Gasteiger partial charge in [-0.3, -0.25) is 4.79 Å². The summed E-state index contributed by atoms with van der Waals surface area (Å²) in [6, 6.07) is 16.0. The van der Waals surface area contributed by atoms with Crippen LogP contribution in [0.15, 0.2) is 48.5 Å². The molecule has 0 unspecified atom stereocenters. The minimum atomic E-state index is -0.102. The monoisotopic (exact) mass is 297 g/mol. The first-order valence-electron chi connectivity index (χ1n) is 7.64. The zero-order valence-electron chi connectivity index (χ0n) is 13.4. The van der Waals surface area contributed by atoms with Crippen molar-refractivity contribution in [2.24, 2.45) is 0 Å². The summed E-state index contributed by atoms with van der Waals surface area (Å²) in [6.45, 7) is 6.12. The van der Waals surface area contributed by atoms with Gasteiger partial charge in [0, 0.05) is 0 Å². The molecule has 1 amide bonds. The smallest absolute Gasteiger partial charge is 0.258 e. The van der Waals surface area contributed by atoms with Gasteiger partial charge in [-0.05, 0) is 49.1 Å². The molecule has 1 N–H and O–H groups in total. The number of nitrogens with one attached hydrogen (secondary N) is 1. The van der Waals surface area contributed by atoms with Gasteiger partial charge in [-0.25, -0.2) is 0 Å². The van der Waals surface area contributed by atoms with E-state index < -0.39 is 0 Å². The number of aryl methyl sites for hydroxylation is 2. The molecule has 2 aromatic carbocycles. The maximum atomic E-state index is 12.1. The molecule has 0 spiro atoms. The fourth-order valence-electron chi connectivity index (χ4n) is 2.51. The summed E-state index contributed by atoms with van der Waals surface area (Å²) in [5, 5.41) is 3.02. The van der Waals surface area contributed by atoms with Gasteiger partial charge in [-0.1, -0.05) is 43.3 Å². The average Bonchev–Trinajstić information content (AvgIpc) is 2.50. The summed E-state index contributed by atoms with van der Waals surface area (Å²) in [5.74, 6) is 0.635. The highest BCUT2D eigenvalue weighted by atomic mass is 16.5. The number of carbonyl (C=O) groups excluding carboxylic acids is 1. The number of hydrogen-bond donors (Lipinski definition) is 1. The number of carbonyl (C=O) groups is 1. The van der Waals surface area contributed by atoms with Gasteiger partial charge >= 0.3 is 0 Å². The maximum absolute atomic E-state index is 12.1. The molecule has 2 rings (SSSR count). The second-order valence-corrected chi connectivity index (χ2v) is 5.55. The topological polar surface area (TPSA) is 38.3 Å². The number of rotatable bonds is 6. The Labute approximate surface area is 132 Å². The molecule has 0 bridgehead atoms. The number of amides is 1. The Hall–Kier alpha value is -2.29. The molecule has 0 saturated heterocycles. The normalized spacial score (nSPS) is 11.8. The van der Waals surface area contributed by atoms with Gasteiger partial charge in [-0.15, -0.1) is 0 Å². The molecule has 0 saturated carbocycles. The van der Waals surface area contributed by atoms with Crippen molar-refractivity contribution < 1.29 is 9.53 Å². The lowest BCUT2D eigenvalue weighted by molar-refractivity contribution is -0.123. The second kappa shape index (κ2) is 7.64. The second-order valence-electron chi connectivity index (χ2n) is 5.55. The summed E-state index contributed by atoms with van der Waals surface area (Å²) in [5.41, 5.74) is 3.38. The number of ether oxygens (including phenoxy) is 1. The summed E-state index contributed by atoms with van der Waals surface area (Å²) >= 11 is 0. The third-order valence-corrected chi connectivity index (χ3v) is 3.51. The van der Waals surface area contributed by atoms with E-state index in [1.165, 1.54) is 0 Å². The molecule has 0 heterocycles. The molecule has 0 aromatic heterocycles. The molecule has 2 aromatic rings. The van der Waals surface area contributed by atoms with Crippen LogP contribution in [0.4, 0.5) is 0 Å². The highest BCUT2D eigenvalue weighted by Crippen LogP contribution is 2.17. The van der Waals surface area contributed by atoms with Crippen molar-refractivity contribution in [2.45, 2.75) is 33.2 Å². The van der Waals surface area contributed by atoms with E-state index in [1.54, 1.807) is 0 Å². The van der Waals surface area contributed by atoms with Gasteiger partial charge < -0.3 is 10.1 Å².